The average Bonchev–Trinajstić information content (AvgIpc) is 3.41. The molecule has 2 heterocycles. The lowest BCUT2D eigenvalue weighted by atomic mass is 10.1. The van der Waals surface area contributed by atoms with Gasteiger partial charge in [-0.15, -0.1) is 24.0 Å². The smallest absolute Gasteiger partial charge is 0.222 e. The van der Waals surface area contributed by atoms with Gasteiger partial charge < -0.3 is 20.4 Å². The number of anilines is 1. The summed E-state index contributed by atoms with van der Waals surface area (Å²) in [5.41, 5.74) is 2.26. The van der Waals surface area contributed by atoms with Crippen molar-refractivity contribution in [3.05, 3.63) is 65.2 Å². The fraction of sp³-hybridized carbons (Fsp3) is 0.417. The van der Waals surface area contributed by atoms with E-state index in [1.165, 1.54) is 18.2 Å². The third-order valence-corrected chi connectivity index (χ3v) is 6.10. The van der Waals surface area contributed by atoms with Crippen molar-refractivity contribution >= 4 is 41.5 Å². The molecule has 0 radical (unpaired) electrons. The van der Waals surface area contributed by atoms with Crippen LogP contribution < -0.4 is 15.5 Å². The topological polar surface area (TPSA) is 60.0 Å². The number of halogens is 3. The quantitative estimate of drug-likeness (QED) is 0.317. The van der Waals surface area contributed by atoms with Crippen molar-refractivity contribution in [1.29, 1.82) is 0 Å². The van der Waals surface area contributed by atoms with E-state index in [1.807, 2.05) is 17.0 Å². The highest BCUT2D eigenvalue weighted by molar-refractivity contribution is 14.0. The van der Waals surface area contributed by atoms with Gasteiger partial charge in [0, 0.05) is 52.2 Å². The van der Waals surface area contributed by atoms with Gasteiger partial charge in [-0.3, -0.25) is 9.79 Å². The number of guanidine groups is 1. The monoisotopic (exact) mass is 569 g/mol. The van der Waals surface area contributed by atoms with Crippen molar-refractivity contribution in [3.63, 3.8) is 0 Å². The Morgan fingerprint density at radius 2 is 1.82 bits per heavy atom. The zero-order chi connectivity index (χ0) is 22.5. The predicted molar refractivity (Wildman–Crippen MR) is 137 cm³/mol. The minimum Gasteiger partial charge on any atom is -0.365 e. The van der Waals surface area contributed by atoms with E-state index in [0.29, 0.717) is 38.6 Å². The standard InChI is InChI=1S/C24H29F2N5O.HI/c1-27-24(29-19-11-13-31(16-19)23-20(25)8-4-9-21(23)26)28-14-17-6-2-3-7-18(17)15-30-12-5-10-22(30)32;/h2-4,6-9,19H,5,10-16H2,1H3,(H2,27,28,29);1H. The number of rotatable bonds is 6. The Morgan fingerprint density at radius 3 is 2.48 bits per heavy atom. The number of benzene rings is 2. The van der Waals surface area contributed by atoms with Crippen molar-refractivity contribution in [2.75, 3.05) is 31.6 Å². The molecule has 0 aliphatic carbocycles. The fourth-order valence-electron chi connectivity index (χ4n) is 4.40. The van der Waals surface area contributed by atoms with Gasteiger partial charge in [-0.05, 0) is 36.1 Å². The number of carbonyl (C=O) groups is 1. The molecule has 2 aromatic carbocycles. The Morgan fingerprint density at radius 1 is 1.09 bits per heavy atom. The molecule has 2 aliphatic rings. The van der Waals surface area contributed by atoms with E-state index in [-0.39, 0.29) is 41.6 Å². The van der Waals surface area contributed by atoms with Crippen LogP contribution in [0.1, 0.15) is 30.4 Å². The van der Waals surface area contributed by atoms with Crippen LogP contribution in [0, 0.1) is 11.6 Å². The normalized spacial score (nSPS) is 18.5. The number of amides is 1. The van der Waals surface area contributed by atoms with Gasteiger partial charge >= 0.3 is 0 Å². The van der Waals surface area contributed by atoms with Crippen LogP contribution in [0.4, 0.5) is 14.5 Å². The van der Waals surface area contributed by atoms with E-state index in [0.717, 1.165) is 30.5 Å². The molecule has 0 saturated carbocycles. The molecule has 2 aliphatic heterocycles. The van der Waals surface area contributed by atoms with Crippen LogP contribution in [0.3, 0.4) is 0 Å². The Hall–Kier alpha value is -2.43. The molecule has 0 aromatic heterocycles. The second kappa shape index (κ2) is 11.6. The van der Waals surface area contributed by atoms with Gasteiger partial charge in [-0.2, -0.15) is 0 Å². The van der Waals surface area contributed by atoms with Crippen LogP contribution >= 0.6 is 24.0 Å². The summed E-state index contributed by atoms with van der Waals surface area (Å²) >= 11 is 0. The Balaban J connectivity index is 0.00000306. The lowest BCUT2D eigenvalue weighted by molar-refractivity contribution is -0.128. The lowest BCUT2D eigenvalue weighted by Crippen LogP contribution is -2.44. The molecule has 2 aromatic rings. The van der Waals surface area contributed by atoms with E-state index < -0.39 is 11.6 Å². The summed E-state index contributed by atoms with van der Waals surface area (Å²) in [6, 6.07) is 12.0. The summed E-state index contributed by atoms with van der Waals surface area (Å²) in [6.45, 7) is 3.06. The van der Waals surface area contributed by atoms with Crippen LogP contribution in [-0.4, -0.2) is 49.5 Å². The maximum Gasteiger partial charge on any atom is 0.222 e. The highest BCUT2D eigenvalue weighted by atomic mass is 127. The number of hydrogen-bond acceptors (Lipinski definition) is 3. The molecule has 9 heteroatoms. The second-order valence-electron chi connectivity index (χ2n) is 8.26. The maximum absolute atomic E-state index is 14.1. The maximum atomic E-state index is 14.1. The van der Waals surface area contributed by atoms with E-state index in [2.05, 4.69) is 27.8 Å². The molecule has 4 rings (SSSR count). The van der Waals surface area contributed by atoms with Crippen LogP contribution in [0.15, 0.2) is 47.5 Å². The minimum atomic E-state index is -0.541. The molecule has 1 unspecified atom stereocenters. The first-order chi connectivity index (χ1) is 15.5. The van der Waals surface area contributed by atoms with Crippen molar-refractivity contribution < 1.29 is 13.6 Å². The third kappa shape index (κ3) is 6.13. The van der Waals surface area contributed by atoms with Crippen molar-refractivity contribution in [1.82, 2.24) is 15.5 Å². The van der Waals surface area contributed by atoms with Crippen LogP contribution in [0.5, 0.6) is 0 Å². The van der Waals surface area contributed by atoms with Gasteiger partial charge in [0.15, 0.2) is 5.96 Å². The van der Waals surface area contributed by atoms with Gasteiger partial charge in [0.1, 0.15) is 17.3 Å². The number of nitrogens with one attached hydrogen (secondary N) is 2. The van der Waals surface area contributed by atoms with E-state index >= 15 is 0 Å². The first-order valence-electron chi connectivity index (χ1n) is 11.1. The predicted octanol–water partition coefficient (Wildman–Crippen LogP) is 3.65. The van der Waals surface area contributed by atoms with E-state index in [1.54, 1.807) is 11.9 Å². The van der Waals surface area contributed by atoms with E-state index in [4.69, 9.17) is 0 Å². The molecule has 2 N–H and O–H groups in total. The number of para-hydroxylation sites is 1. The summed E-state index contributed by atoms with van der Waals surface area (Å²) < 4.78 is 28.2. The molecule has 2 fully saturated rings. The van der Waals surface area contributed by atoms with Gasteiger partial charge in [0.25, 0.3) is 0 Å². The molecule has 1 amide bonds. The summed E-state index contributed by atoms with van der Waals surface area (Å²) in [5.74, 6) is -0.234. The molecule has 1 atom stereocenters. The first-order valence-corrected chi connectivity index (χ1v) is 11.1. The summed E-state index contributed by atoms with van der Waals surface area (Å²) in [5, 5.41) is 6.70. The molecule has 6 nitrogen and oxygen atoms in total. The molecular weight excluding hydrogens is 539 g/mol. The molecule has 0 bridgehead atoms. The largest absolute Gasteiger partial charge is 0.365 e. The molecule has 33 heavy (non-hydrogen) atoms. The van der Waals surface area contributed by atoms with Crippen LogP contribution in [0.25, 0.3) is 0 Å². The number of likely N-dealkylation sites (tertiary alicyclic amines) is 1. The van der Waals surface area contributed by atoms with Gasteiger partial charge in [-0.1, -0.05) is 30.3 Å². The zero-order valence-electron chi connectivity index (χ0n) is 18.7. The van der Waals surface area contributed by atoms with Gasteiger partial charge in [0.05, 0.1) is 0 Å². The van der Waals surface area contributed by atoms with Crippen LogP contribution in [0.2, 0.25) is 0 Å². The lowest BCUT2D eigenvalue weighted by Gasteiger charge is -2.22. The first kappa shape index (κ1) is 25.2. The zero-order valence-corrected chi connectivity index (χ0v) is 21.0. The SMILES string of the molecule is CN=C(NCc1ccccc1CN1CCCC1=O)NC1CCN(c2c(F)cccc2F)C1.I. The van der Waals surface area contributed by atoms with Gasteiger partial charge in [-0.25, -0.2) is 8.78 Å². The molecular formula is C24H30F2IN5O. The Labute approximate surface area is 210 Å². The second-order valence-corrected chi connectivity index (χ2v) is 8.26. The van der Waals surface area contributed by atoms with Gasteiger partial charge in [0.2, 0.25) is 5.91 Å². The van der Waals surface area contributed by atoms with Crippen molar-refractivity contribution in [2.24, 2.45) is 4.99 Å². The molecule has 178 valence electrons. The molecule has 0 spiro atoms. The average molecular weight is 569 g/mol. The van der Waals surface area contributed by atoms with Crippen molar-refractivity contribution in [3.8, 4) is 0 Å². The third-order valence-electron chi connectivity index (χ3n) is 6.10. The van der Waals surface area contributed by atoms with Crippen molar-refractivity contribution in [2.45, 2.75) is 38.4 Å². The summed E-state index contributed by atoms with van der Waals surface area (Å²) in [6.07, 6.45) is 2.30. The number of aliphatic imine (C=N–C) groups is 1. The molecule has 2 saturated heterocycles. The summed E-state index contributed by atoms with van der Waals surface area (Å²) in [7, 11) is 1.70. The summed E-state index contributed by atoms with van der Waals surface area (Å²) in [4.78, 5) is 19.9. The number of nitrogens with zero attached hydrogens (tertiary/aromatic N) is 3. The number of hydrogen-bond donors (Lipinski definition) is 2. The fourth-order valence-corrected chi connectivity index (χ4v) is 4.40. The highest BCUT2D eigenvalue weighted by Crippen LogP contribution is 2.26. The number of carbonyl (C=O) groups excluding carboxylic acids is 1. The van der Waals surface area contributed by atoms with E-state index in [9.17, 15) is 13.6 Å². The Kier molecular flexibility index (Phi) is 8.87. The highest BCUT2D eigenvalue weighted by Gasteiger charge is 2.27. The Bertz CT molecular complexity index is 982. The van der Waals surface area contributed by atoms with Crippen LogP contribution in [-0.2, 0) is 17.9 Å². The minimum absolute atomic E-state index is 0.